The highest BCUT2D eigenvalue weighted by Crippen LogP contribution is 2.42. The van der Waals surface area contributed by atoms with Crippen LogP contribution in [0.3, 0.4) is 0 Å². The van der Waals surface area contributed by atoms with Gasteiger partial charge in [-0.15, -0.1) is 0 Å². The smallest absolute Gasteiger partial charge is 0.269 e. The topological polar surface area (TPSA) is 58.4 Å². The molecule has 0 bridgehead atoms. The Hall–Kier alpha value is -1.17. The fraction of sp³-hybridized carbons (Fsp3) is 0.625. The van der Waals surface area contributed by atoms with Crippen molar-refractivity contribution in [3.05, 3.63) is 38.9 Å². The molecule has 0 radical (unpaired) electrons. The van der Waals surface area contributed by atoms with E-state index in [2.05, 4.69) is 10.2 Å². The van der Waals surface area contributed by atoms with Crippen LogP contribution in [0, 0.1) is 16.0 Å². The Morgan fingerprint density at radius 2 is 1.95 bits per heavy atom. The normalized spacial score (nSPS) is 21.9. The molecule has 6 heteroatoms. The zero-order chi connectivity index (χ0) is 15.5. The first-order valence-electron chi connectivity index (χ1n) is 8.05. The van der Waals surface area contributed by atoms with E-state index < -0.39 is 0 Å². The molecule has 1 aliphatic heterocycles. The molecule has 1 saturated carbocycles. The molecule has 22 heavy (non-hydrogen) atoms. The summed E-state index contributed by atoms with van der Waals surface area (Å²) in [5, 5.41) is 15.2. The minimum atomic E-state index is -0.330. The fourth-order valence-corrected chi connectivity index (χ4v) is 4.08. The molecule has 0 spiro atoms. The predicted molar refractivity (Wildman–Crippen MR) is 87.2 cm³/mol. The van der Waals surface area contributed by atoms with E-state index in [1.165, 1.54) is 31.7 Å². The van der Waals surface area contributed by atoms with Crippen LogP contribution in [0.2, 0.25) is 5.02 Å². The molecule has 3 rings (SSSR count). The van der Waals surface area contributed by atoms with Gasteiger partial charge in [0.15, 0.2) is 0 Å². The third-order valence-corrected chi connectivity index (χ3v) is 5.24. The van der Waals surface area contributed by atoms with Gasteiger partial charge in [0.05, 0.1) is 4.92 Å². The number of halogens is 1. The summed E-state index contributed by atoms with van der Waals surface area (Å²) in [6, 6.07) is 5.07. The van der Waals surface area contributed by atoms with Gasteiger partial charge in [0.2, 0.25) is 0 Å². The molecule has 1 saturated heterocycles. The summed E-state index contributed by atoms with van der Waals surface area (Å²) in [6.45, 7) is 3.88. The molecule has 1 aromatic rings. The third-order valence-electron chi connectivity index (χ3n) is 4.90. The first kappa shape index (κ1) is 15.7. The van der Waals surface area contributed by atoms with Crippen LogP contribution in [0.4, 0.5) is 5.69 Å². The third kappa shape index (κ3) is 3.26. The quantitative estimate of drug-likeness (QED) is 0.681. The van der Waals surface area contributed by atoms with Crippen molar-refractivity contribution >= 4 is 17.3 Å². The Morgan fingerprint density at radius 3 is 2.59 bits per heavy atom. The summed E-state index contributed by atoms with van der Waals surface area (Å²) >= 11 is 6.43. The van der Waals surface area contributed by atoms with Crippen molar-refractivity contribution in [3.63, 3.8) is 0 Å². The predicted octanol–water partition coefficient (Wildman–Crippen LogP) is 3.38. The Balaban J connectivity index is 1.96. The van der Waals surface area contributed by atoms with Crippen molar-refractivity contribution in [2.24, 2.45) is 5.92 Å². The molecule has 120 valence electrons. The number of benzene rings is 1. The van der Waals surface area contributed by atoms with Crippen molar-refractivity contribution in [2.45, 2.75) is 31.7 Å². The fourth-order valence-electron chi connectivity index (χ4n) is 3.85. The van der Waals surface area contributed by atoms with E-state index >= 15 is 0 Å². The highest BCUT2D eigenvalue weighted by atomic mass is 35.5. The lowest BCUT2D eigenvalue weighted by molar-refractivity contribution is -0.385. The summed E-state index contributed by atoms with van der Waals surface area (Å²) in [4.78, 5) is 13.2. The summed E-state index contributed by atoms with van der Waals surface area (Å²) in [6.07, 6.45) is 4.88. The number of non-ortho nitro benzene ring substituents is 1. The monoisotopic (exact) mass is 323 g/mol. The van der Waals surface area contributed by atoms with Crippen LogP contribution < -0.4 is 5.32 Å². The molecular weight excluding hydrogens is 302 g/mol. The van der Waals surface area contributed by atoms with Crippen molar-refractivity contribution in [1.29, 1.82) is 0 Å². The van der Waals surface area contributed by atoms with Gasteiger partial charge >= 0.3 is 0 Å². The van der Waals surface area contributed by atoms with Gasteiger partial charge in [0, 0.05) is 49.4 Å². The Bertz CT molecular complexity index is 540. The standard InChI is InChI=1S/C16H22ClN3O2/c17-15-6-5-13(20(21)22)11-14(15)16(12-3-1-2-4-12)19-9-7-18-8-10-19/h5-6,11-12,16,18H,1-4,7-10H2/t16-/m0/s1. The summed E-state index contributed by atoms with van der Waals surface area (Å²) in [5.74, 6) is 0.553. The number of nitro benzene ring substituents is 1. The highest BCUT2D eigenvalue weighted by Gasteiger charge is 2.33. The maximum absolute atomic E-state index is 11.1. The van der Waals surface area contributed by atoms with Gasteiger partial charge in [-0.2, -0.15) is 0 Å². The van der Waals surface area contributed by atoms with Gasteiger partial charge in [-0.3, -0.25) is 15.0 Å². The van der Waals surface area contributed by atoms with Crippen molar-refractivity contribution in [1.82, 2.24) is 10.2 Å². The number of hydrogen-bond acceptors (Lipinski definition) is 4. The number of hydrogen-bond donors (Lipinski definition) is 1. The summed E-state index contributed by atoms with van der Waals surface area (Å²) < 4.78 is 0. The van der Waals surface area contributed by atoms with Gasteiger partial charge in [-0.1, -0.05) is 24.4 Å². The van der Waals surface area contributed by atoms with Crippen molar-refractivity contribution < 1.29 is 4.92 Å². The lowest BCUT2D eigenvalue weighted by Crippen LogP contribution is -2.46. The lowest BCUT2D eigenvalue weighted by Gasteiger charge is -2.39. The van der Waals surface area contributed by atoms with Gasteiger partial charge < -0.3 is 5.32 Å². The molecule has 1 aromatic carbocycles. The number of nitrogens with one attached hydrogen (secondary N) is 1. The van der Waals surface area contributed by atoms with Crippen LogP contribution in [-0.2, 0) is 0 Å². The second-order valence-electron chi connectivity index (χ2n) is 6.24. The highest BCUT2D eigenvalue weighted by molar-refractivity contribution is 6.31. The maximum atomic E-state index is 11.1. The molecule has 0 aromatic heterocycles. The van der Waals surface area contributed by atoms with E-state index in [1.807, 2.05) is 0 Å². The number of nitro groups is 1. The number of piperazine rings is 1. The molecule has 5 nitrogen and oxygen atoms in total. The molecule has 1 heterocycles. The van der Waals surface area contributed by atoms with Crippen LogP contribution in [0.5, 0.6) is 0 Å². The van der Waals surface area contributed by atoms with Crippen molar-refractivity contribution in [3.8, 4) is 0 Å². The summed E-state index contributed by atoms with van der Waals surface area (Å²) in [7, 11) is 0. The van der Waals surface area contributed by atoms with Crippen LogP contribution >= 0.6 is 11.6 Å². The second kappa shape index (κ2) is 6.94. The Labute approximate surface area is 135 Å². The Kier molecular flexibility index (Phi) is 4.96. The number of nitrogens with zero attached hydrogens (tertiary/aromatic N) is 2. The SMILES string of the molecule is O=[N+]([O-])c1ccc(Cl)c([C@H](C2CCCC2)N2CCNCC2)c1. The van der Waals surface area contributed by atoms with Crippen LogP contribution in [0.15, 0.2) is 18.2 Å². The number of rotatable bonds is 4. The van der Waals surface area contributed by atoms with Gasteiger partial charge in [0.25, 0.3) is 5.69 Å². The van der Waals surface area contributed by atoms with Crippen LogP contribution in [0.1, 0.15) is 37.3 Å². The molecule has 2 fully saturated rings. The minimum absolute atomic E-state index is 0.137. The Morgan fingerprint density at radius 1 is 1.27 bits per heavy atom. The molecule has 1 atom stereocenters. The minimum Gasteiger partial charge on any atom is -0.314 e. The molecule has 0 amide bonds. The molecule has 1 N–H and O–H groups in total. The average molecular weight is 324 g/mol. The van der Waals surface area contributed by atoms with E-state index in [0.717, 1.165) is 31.7 Å². The largest absolute Gasteiger partial charge is 0.314 e. The molecule has 0 unspecified atom stereocenters. The van der Waals surface area contributed by atoms with Crippen LogP contribution in [0.25, 0.3) is 0 Å². The van der Waals surface area contributed by atoms with Crippen LogP contribution in [-0.4, -0.2) is 36.0 Å². The second-order valence-corrected chi connectivity index (χ2v) is 6.65. The van der Waals surface area contributed by atoms with Gasteiger partial charge in [0.1, 0.15) is 0 Å². The molecule has 1 aliphatic carbocycles. The van der Waals surface area contributed by atoms with Gasteiger partial charge in [-0.25, -0.2) is 0 Å². The van der Waals surface area contributed by atoms with E-state index in [0.29, 0.717) is 10.9 Å². The van der Waals surface area contributed by atoms with Crippen molar-refractivity contribution in [2.75, 3.05) is 26.2 Å². The first-order chi connectivity index (χ1) is 10.7. The molecular formula is C16H22ClN3O2. The van der Waals surface area contributed by atoms with E-state index in [1.54, 1.807) is 12.1 Å². The summed E-state index contributed by atoms with van der Waals surface area (Å²) in [5.41, 5.74) is 1.07. The van der Waals surface area contributed by atoms with E-state index in [-0.39, 0.29) is 16.7 Å². The lowest BCUT2D eigenvalue weighted by atomic mass is 9.89. The maximum Gasteiger partial charge on any atom is 0.269 e. The average Bonchev–Trinajstić information content (AvgIpc) is 3.04. The zero-order valence-electron chi connectivity index (χ0n) is 12.6. The first-order valence-corrected chi connectivity index (χ1v) is 8.43. The zero-order valence-corrected chi connectivity index (χ0v) is 13.4. The van der Waals surface area contributed by atoms with Gasteiger partial charge in [-0.05, 0) is 30.4 Å². The van der Waals surface area contributed by atoms with E-state index in [9.17, 15) is 10.1 Å². The molecule has 2 aliphatic rings. The van der Waals surface area contributed by atoms with E-state index in [4.69, 9.17) is 11.6 Å².